The SMILES string of the molecule is CCNC(=O)c1cccc2c(=O)[nH]c(-c3ccccc3OCC)nc12. The van der Waals surface area contributed by atoms with E-state index in [4.69, 9.17) is 4.74 Å². The second-order valence-electron chi connectivity index (χ2n) is 5.40. The van der Waals surface area contributed by atoms with Crippen LogP contribution in [0.1, 0.15) is 24.2 Å². The normalized spacial score (nSPS) is 10.6. The fourth-order valence-electron chi connectivity index (χ4n) is 2.67. The zero-order valence-corrected chi connectivity index (χ0v) is 14.1. The molecule has 0 bridgehead atoms. The lowest BCUT2D eigenvalue weighted by atomic mass is 10.1. The lowest BCUT2D eigenvalue weighted by molar-refractivity contribution is 0.0957. The highest BCUT2D eigenvalue weighted by Crippen LogP contribution is 2.27. The van der Waals surface area contributed by atoms with Crippen molar-refractivity contribution in [1.29, 1.82) is 0 Å². The van der Waals surface area contributed by atoms with Gasteiger partial charge in [-0.05, 0) is 38.1 Å². The lowest BCUT2D eigenvalue weighted by Gasteiger charge is -2.11. The number of nitrogens with zero attached hydrogens (tertiary/aromatic N) is 1. The fraction of sp³-hybridized carbons (Fsp3) is 0.211. The van der Waals surface area contributed by atoms with Crippen molar-refractivity contribution in [2.24, 2.45) is 0 Å². The molecule has 6 heteroatoms. The van der Waals surface area contributed by atoms with Crippen LogP contribution in [0, 0.1) is 0 Å². The van der Waals surface area contributed by atoms with E-state index in [0.29, 0.717) is 46.8 Å². The minimum Gasteiger partial charge on any atom is -0.493 e. The van der Waals surface area contributed by atoms with Crippen LogP contribution in [0.25, 0.3) is 22.3 Å². The average Bonchev–Trinajstić information content (AvgIpc) is 2.62. The Bertz CT molecular complexity index is 979. The van der Waals surface area contributed by atoms with Crippen molar-refractivity contribution in [3.63, 3.8) is 0 Å². The number of carbonyl (C=O) groups is 1. The summed E-state index contributed by atoms with van der Waals surface area (Å²) < 4.78 is 5.62. The van der Waals surface area contributed by atoms with Gasteiger partial charge in [0.2, 0.25) is 0 Å². The zero-order valence-electron chi connectivity index (χ0n) is 14.1. The molecule has 3 aromatic rings. The molecule has 128 valence electrons. The molecule has 0 unspecified atom stereocenters. The molecule has 2 aromatic carbocycles. The molecule has 25 heavy (non-hydrogen) atoms. The third-order valence-corrected chi connectivity index (χ3v) is 3.76. The Hall–Kier alpha value is -3.15. The summed E-state index contributed by atoms with van der Waals surface area (Å²) >= 11 is 0. The average molecular weight is 337 g/mol. The molecule has 0 atom stereocenters. The molecule has 1 heterocycles. The molecule has 1 aromatic heterocycles. The highest BCUT2D eigenvalue weighted by Gasteiger charge is 2.15. The molecule has 3 rings (SSSR count). The first-order valence-electron chi connectivity index (χ1n) is 8.19. The molecule has 0 aliphatic rings. The van der Waals surface area contributed by atoms with Crippen LogP contribution in [-0.2, 0) is 0 Å². The number of aromatic nitrogens is 2. The van der Waals surface area contributed by atoms with Gasteiger partial charge >= 0.3 is 0 Å². The summed E-state index contributed by atoms with van der Waals surface area (Å²) in [6, 6.07) is 12.3. The topological polar surface area (TPSA) is 84.1 Å². The van der Waals surface area contributed by atoms with Gasteiger partial charge in [0.05, 0.1) is 28.6 Å². The van der Waals surface area contributed by atoms with E-state index in [2.05, 4.69) is 15.3 Å². The standard InChI is InChI=1S/C19H19N3O3/c1-3-20-18(23)13-9-7-10-14-16(13)21-17(22-19(14)24)12-8-5-6-11-15(12)25-4-2/h5-11H,3-4H2,1-2H3,(H,20,23)(H,21,22,24). The van der Waals surface area contributed by atoms with E-state index < -0.39 is 0 Å². The fourth-order valence-corrected chi connectivity index (χ4v) is 2.67. The Morgan fingerprint density at radius 3 is 2.72 bits per heavy atom. The van der Waals surface area contributed by atoms with Crippen LogP contribution in [0.4, 0.5) is 0 Å². The number of hydrogen-bond acceptors (Lipinski definition) is 4. The summed E-state index contributed by atoms with van der Waals surface area (Å²) in [5.41, 5.74) is 1.13. The summed E-state index contributed by atoms with van der Waals surface area (Å²) in [6.45, 7) is 4.73. The van der Waals surface area contributed by atoms with E-state index >= 15 is 0 Å². The van der Waals surface area contributed by atoms with Gasteiger partial charge in [0, 0.05) is 6.54 Å². The van der Waals surface area contributed by atoms with Crippen molar-refractivity contribution in [2.45, 2.75) is 13.8 Å². The molecule has 0 fully saturated rings. The summed E-state index contributed by atoms with van der Waals surface area (Å²) in [7, 11) is 0. The van der Waals surface area contributed by atoms with E-state index in [1.165, 1.54) is 0 Å². The Labute approximate surface area is 144 Å². The zero-order chi connectivity index (χ0) is 17.8. The van der Waals surface area contributed by atoms with Crippen LogP contribution in [0.3, 0.4) is 0 Å². The number of para-hydroxylation sites is 2. The highest BCUT2D eigenvalue weighted by atomic mass is 16.5. The first kappa shape index (κ1) is 16.7. The van der Waals surface area contributed by atoms with Gasteiger partial charge in [0.25, 0.3) is 11.5 Å². The third-order valence-electron chi connectivity index (χ3n) is 3.76. The van der Waals surface area contributed by atoms with E-state index in [-0.39, 0.29) is 11.5 Å². The van der Waals surface area contributed by atoms with Gasteiger partial charge in [-0.3, -0.25) is 9.59 Å². The van der Waals surface area contributed by atoms with Gasteiger partial charge in [-0.15, -0.1) is 0 Å². The molecule has 2 N–H and O–H groups in total. The highest BCUT2D eigenvalue weighted by molar-refractivity contribution is 6.05. The molecule has 6 nitrogen and oxygen atoms in total. The van der Waals surface area contributed by atoms with E-state index in [1.807, 2.05) is 38.1 Å². The van der Waals surface area contributed by atoms with E-state index in [1.54, 1.807) is 18.2 Å². The van der Waals surface area contributed by atoms with Gasteiger partial charge in [-0.1, -0.05) is 18.2 Å². The van der Waals surface area contributed by atoms with Crippen LogP contribution in [0.5, 0.6) is 5.75 Å². The van der Waals surface area contributed by atoms with Gasteiger partial charge in [0.15, 0.2) is 0 Å². The number of rotatable bonds is 5. The first-order chi connectivity index (χ1) is 12.2. The number of benzene rings is 2. The smallest absolute Gasteiger partial charge is 0.259 e. The van der Waals surface area contributed by atoms with Crippen LogP contribution >= 0.6 is 0 Å². The number of H-pyrrole nitrogens is 1. The molecule has 0 saturated heterocycles. The predicted molar refractivity (Wildman–Crippen MR) is 97.0 cm³/mol. The van der Waals surface area contributed by atoms with Crippen molar-refractivity contribution in [1.82, 2.24) is 15.3 Å². The van der Waals surface area contributed by atoms with Crippen LogP contribution in [0.2, 0.25) is 0 Å². The van der Waals surface area contributed by atoms with Crippen molar-refractivity contribution >= 4 is 16.8 Å². The maximum Gasteiger partial charge on any atom is 0.259 e. The van der Waals surface area contributed by atoms with Crippen molar-refractivity contribution in [3.8, 4) is 17.1 Å². The second kappa shape index (κ2) is 7.17. The van der Waals surface area contributed by atoms with Crippen molar-refractivity contribution in [2.75, 3.05) is 13.2 Å². The first-order valence-corrected chi connectivity index (χ1v) is 8.19. The number of fused-ring (bicyclic) bond motifs is 1. The molecular formula is C19H19N3O3. The lowest BCUT2D eigenvalue weighted by Crippen LogP contribution is -2.24. The quantitative estimate of drug-likeness (QED) is 0.750. The monoisotopic (exact) mass is 337 g/mol. The largest absolute Gasteiger partial charge is 0.493 e. The summed E-state index contributed by atoms with van der Waals surface area (Å²) in [5, 5.41) is 3.12. The predicted octanol–water partition coefficient (Wildman–Crippen LogP) is 2.74. The van der Waals surface area contributed by atoms with Crippen molar-refractivity contribution < 1.29 is 9.53 Å². The van der Waals surface area contributed by atoms with Crippen molar-refractivity contribution in [3.05, 3.63) is 58.4 Å². The minimum atomic E-state index is -0.294. The maximum atomic E-state index is 12.5. The number of carbonyl (C=O) groups excluding carboxylic acids is 1. The Morgan fingerprint density at radius 2 is 1.96 bits per heavy atom. The number of hydrogen-bond donors (Lipinski definition) is 2. The van der Waals surface area contributed by atoms with Gasteiger partial charge in [-0.2, -0.15) is 0 Å². The summed E-state index contributed by atoms with van der Waals surface area (Å²) in [4.78, 5) is 32.1. The Kier molecular flexibility index (Phi) is 4.79. The van der Waals surface area contributed by atoms with E-state index in [9.17, 15) is 9.59 Å². The second-order valence-corrected chi connectivity index (χ2v) is 5.40. The molecule has 0 radical (unpaired) electrons. The van der Waals surface area contributed by atoms with E-state index in [0.717, 1.165) is 0 Å². The third kappa shape index (κ3) is 3.24. The Morgan fingerprint density at radius 1 is 1.16 bits per heavy atom. The molecule has 0 spiro atoms. The summed E-state index contributed by atoms with van der Waals surface area (Å²) in [6.07, 6.45) is 0. The number of aromatic amines is 1. The van der Waals surface area contributed by atoms with Crippen LogP contribution in [-0.4, -0.2) is 29.0 Å². The molecule has 1 amide bonds. The number of amides is 1. The molecular weight excluding hydrogens is 318 g/mol. The van der Waals surface area contributed by atoms with Gasteiger partial charge in [0.1, 0.15) is 11.6 Å². The molecule has 0 aliphatic heterocycles. The van der Waals surface area contributed by atoms with Crippen LogP contribution < -0.4 is 15.6 Å². The Balaban J connectivity index is 2.24. The molecule has 0 saturated carbocycles. The minimum absolute atomic E-state index is 0.254. The van der Waals surface area contributed by atoms with Gasteiger partial charge < -0.3 is 15.0 Å². The van der Waals surface area contributed by atoms with Gasteiger partial charge in [-0.25, -0.2) is 4.98 Å². The summed E-state index contributed by atoms with van der Waals surface area (Å²) in [5.74, 6) is 0.747. The van der Waals surface area contributed by atoms with Crippen LogP contribution in [0.15, 0.2) is 47.3 Å². The maximum absolute atomic E-state index is 12.5. The number of ether oxygens (including phenoxy) is 1. The molecule has 0 aliphatic carbocycles. The number of nitrogens with one attached hydrogen (secondary N) is 2.